The van der Waals surface area contributed by atoms with Gasteiger partial charge in [-0.05, 0) is 25.9 Å². The number of nitrogens with one attached hydrogen (secondary N) is 1. The Hall–Kier alpha value is -0.160. The first-order chi connectivity index (χ1) is 8.93. The Labute approximate surface area is 118 Å². The maximum absolute atomic E-state index is 10.6. The first kappa shape index (κ1) is 16.9. The summed E-state index contributed by atoms with van der Waals surface area (Å²) in [5, 5.41) is 13.9. The van der Waals surface area contributed by atoms with Crippen LogP contribution in [0.25, 0.3) is 0 Å². The Bertz CT molecular complexity index is 247. The van der Waals surface area contributed by atoms with Gasteiger partial charge in [0.05, 0.1) is 5.60 Å². The molecule has 0 aromatic heterocycles. The average Bonchev–Trinajstić information content (AvgIpc) is 2.28. The van der Waals surface area contributed by atoms with Crippen LogP contribution in [0.3, 0.4) is 0 Å². The maximum atomic E-state index is 10.6. The lowest BCUT2D eigenvalue weighted by molar-refractivity contribution is -0.0800. The summed E-state index contributed by atoms with van der Waals surface area (Å²) in [5.74, 6) is 0. The number of rotatable bonds is 8. The average molecular weight is 272 g/mol. The number of likely N-dealkylation sites (N-methyl/N-ethyl adjacent to an activating group) is 1. The maximum Gasteiger partial charge on any atom is 0.0817 e. The molecule has 2 N–H and O–H groups in total. The molecule has 1 unspecified atom stereocenters. The molecule has 19 heavy (non-hydrogen) atoms. The molecule has 1 rings (SSSR count). The molecule has 1 aliphatic heterocycles. The Morgan fingerprint density at radius 2 is 2.00 bits per heavy atom. The predicted octanol–water partition coefficient (Wildman–Crippen LogP) is 1.49. The fraction of sp³-hybridized carbons (Fsp3) is 1.00. The highest BCUT2D eigenvalue weighted by Crippen LogP contribution is 2.26. The normalized spacial score (nSPS) is 22.4. The van der Waals surface area contributed by atoms with E-state index in [2.05, 4.69) is 31.1 Å². The lowest BCUT2D eigenvalue weighted by Gasteiger charge is -2.39. The van der Waals surface area contributed by atoms with E-state index in [-0.39, 0.29) is 5.41 Å². The first-order valence-corrected chi connectivity index (χ1v) is 7.56. The molecule has 1 saturated heterocycles. The van der Waals surface area contributed by atoms with Gasteiger partial charge >= 0.3 is 0 Å². The van der Waals surface area contributed by atoms with Gasteiger partial charge < -0.3 is 20.1 Å². The van der Waals surface area contributed by atoms with Gasteiger partial charge in [0.2, 0.25) is 0 Å². The summed E-state index contributed by atoms with van der Waals surface area (Å²) in [6.07, 6.45) is 3.92. The summed E-state index contributed by atoms with van der Waals surface area (Å²) in [7, 11) is 4.14. The predicted molar refractivity (Wildman–Crippen MR) is 79.4 cm³/mol. The van der Waals surface area contributed by atoms with Gasteiger partial charge in [-0.1, -0.05) is 20.3 Å². The molecule has 0 radical (unpaired) electrons. The van der Waals surface area contributed by atoms with Crippen LogP contribution in [0.4, 0.5) is 0 Å². The number of hydrogen-bond donors (Lipinski definition) is 2. The van der Waals surface area contributed by atoms with Gasteiger partial charge in [0.1, 0.15) is 0 Å². The lowest BCUT2D eigenvalue weighted by atomic mass is 9.84. The summed E-state index contributed by atoms with van der Waals surface area (Å²) >= 11 is 0. The van der Waals surface area contributed by atoms with Crippen LogP contribution in [0.1, 0.15) is 39.5 Å². The van der Waals surface area contributed by atoms with Gasteiger partial charge in [0, 0.05) is 45.7 Å². The largest absolute Gasteiger partial charge is 0.388 e. The van der Waals surface area contributed by atoms with E-state index < -0.39 is 5.60 Å². The molecule has 0 aromatic carbocycles. The van der Waals surface area contributed by atoms with Crippen LogP contribution in [0.2, 0.25) is 0 Å². The standard InChI is InChI=1S/C15H32N2O2/c1-5-6-14(2,11-16-3)12-17(4)13-15(18)7-9-19-10-8-15/h16,18H,5-13H2,1-4H3. The highest BCUT2D eigenvalue weighted by molar-refractivity contribution is 4.87. The first-order valence-electron chi connectivity index (χ1n) is 7.56. The van der Waals surface area contributed by atoms with E-state index in [0.717, 1.165) is 32.5 Å². The molecule has 0 amide bonds. The Balaban J connectivity index is 2.49. The molecule has 0 spiro atoms. The zero-order valence-electron chi connectivity index (χ0n) is 13.2. The third-order valence-corrected chi connectivity index (χ3v) is 4.10. The van der Waals surface area contributed by atoms with E-state index in [4.69, 9.17) is 4.74 Å². The fourth-order valence-electron chi connectivity index (χ4n) is 3.37. The van der Waals surface area contributed by atoms with Gasteiger partial charge in [-0.3, -0.25) is 0 Å². The van der Waals surface area contributed by atoms with E-state index in [1.807, 2.05) is 7.05 Å². The van der Waals surface area contributed by atoms with Gasteiger partial charge in [-0.25, -0.2) is 0 Å². The molecular formula is C15H32N2O2. The molecular weight excluding hydrogens is 240 g/mol. The van der Waals surface area contributed by atoms with Crippen molar-refractivity contribution in [1.82, 2.24) is 10.2 Å². The van der Waals surface area contributed by atoms with Crippen molar-refractivity contribution < 1.29 is 9.84 Å². The minimum atomic E-state index is -0.556. The van der Waals surface area contributed by atoms with Crippen molar-refractivity contribution in [2.45, 2.75) is 45.1 Å². The minimum absolute atomic E-state index is 0.278. The summed E-state index contributed by atoms with van der Waals surface area (Å²) in [6.45, 7) is 8.73. The van der Waals surface area contributed by atoms with Crippen molar-refractivity contribution in [3.63, 3.8) is 0 Å². The van der Waals surface area contributed by atoms with Gasteiger partial charge in [-0.15, -0.1) is 0 Å². The number of nitrogens with zero attached hydrogens (tertiary/aromatic N) is 1. The topological polar surface area (TPSA) is 44.7 Å². The minimum Gasteiger partial charge on any atom is -0.388 e. The molecule has 1 fully saturated rings. The SMILES string of the molecule is CCCC(C)(CNC)CN(C)CC1(O)CCOCC1. The van der Waals surface area contributed by atoms with Crippen LogP contribution in [0, 0.1) is 5.41 Å². The molecule has 4 nitrogen and oxygen atoms in total. The van der Waals surface area contributed by atoms with Crippen molar-refractivity contribution in [3.05, 3.63) is 0 Å². The Morgan fingerprint density at radius 3 is 2.53 bits per heavy atom. The second kappa shape index (κ2) is 7.58. The van der Waals surface area contributed by atoms with Crippen LogP contribution in [-0.2, 0) is 4.74 Å². The second-order valence-corrected chi connectivity index (χ2v) is 6.60. The Kier molecular flexibility index (Phi) is 6.74. The molecule has 114 valence electrons. The van der Waals surface area contributed by atoms with Crippen LogP contribution in [0.15, 0.2) is 0 Å². The van der Waals surface area contributed by atoms with Gasteiger partial charge in [0.25, 0.3) is 0 Å². The molecule has 1 heterocycles. The van der Waals surface area contributed by atoms with Crippen molar-refractivity contribution >= 4 is 0 Å². The summed E-state index contributed by atoms with van der Waals surface area (Å²) in [4.78, 5) is 2.29. The van der Waals surface area contributed by atoms with E-state index in [1.165, 1.54) is 12.8 Å². The summed E-state index contributed by atoms with van der Waals surface area (Å²) in [5.41, 5.74) is -0.278. The van der Waals surface area contributed by atoms with Crippen molar-refractivity contribution in [2.75, 3.05) is 46.9 Å². The zero-order valence-corrected chi connectivity index (χ0v) is 13.2. The molecule has 0 bridgehead atoms. The van der Waals surface area contributed by atoms with Gasteiger partial charge in [-0.2, -0.15) is 0 Å². The molecule has 1 aliphatic rings. The van der Waals surface area contributed by atoms with E-state index in [0.29, 0.717) is 13.2 Å². The van der Waals surface area contributed by atoms with Crippen LogP contribution >= 0.6 is 0 Å². The third-order valence-electron chi connectivity index (χ3n) is 4.10. The summed E-state index contributed by atoms with van der Waals surface area (Å²) < 4.78 is 5.34. The third kappa shape index (κ3) is 5.78. The molecule has 0 saturated carbocycles. The molecule has 0 aliphatic carbocycles. The number of hydrogen-bond acceptors (Lipinski definition) is 4. The van der Waals surface area contributed by atoms with Crippen molar-refractivity contribution in [3.8, 4) is 0 Å². The molecule has 4 heteroatoms. The second-order valence-electron chi connectivity index (χ2n) is 6.60. The monoisotopic (exact) mass is 272 g/mol. The summed E-state index contributed by atoms with van der Waals surface area (Å²) in [6, 6.07) is 0. The van der Waals surface area contributed by atoms with Crippen molar-refractivity contribution in [1.29, 1.82) is 0 Å². The fourth-order valence-corrected chi connectivity index (χ4v) is 3.37. The number of ether oxygens (including phenoxy) is 1. The van der Waals surface area contributed by atoms with Crippen LogP contribution in [-0.4, -0.2) is 62.6 Å². The lowest BCUT2D eigenvalue weighted by Crippen LogP contribution is -2.49. The zero-order chi connectivity index (χ0) is 14.4. The smallest absolute Gasteiger partial charge is 0.0817 e. The van der Waals surface area contributed by atoms with E-state index in [9.17, 15) is 5.11 Å². The van der Waals surface area contributed by atoms with E-state index >= 15 is 0 Å². The van der Waals surface area contributed by atoms with E-state index in [1.54, 1.807) is 0 Å². The quantitative estimate of drug-likeness (QED) is 0.702. The molecule has 1 atom stereocenters. The highest BCUT2D eigenvalue weighted by Gasteiger charge is 2.33. The van der Waals surface area contributed by atoms with Crippen molar-refractivity contribution in [2.24, 2.45) is 5.41 Å². The molecule has 0 aromatic rings. The Morgan fingerprint density at radius 1 is 1.37 bits per heavy atom. The van der Waals surface area contributed by atoms with Crippen LogP contribution < -0.4 is 5.32 Å². The van der Waals surface area contributed by atoms with Crippen LogP contribution in [0.5, 0.6) is 0 Å². The number of aliphatic hydroxyl groups is 1. The van der Waals surface area contributed by atoms with Gasteiger partial charge in [0.15, 0.2) is 0 Å². The highest BCUT2D eigenvalue weighted by atomic mass is 16.5.